The molecular formula is C23H23FN6O. The summed E-state index contributed by atoms with van der Waals surface area (Å²) in [6.45, 7) is 4.43. The van der Waals surface area contributed by atoms with Gasteiger partial charge >= 0.3 is 0 Å². The Bertz CT molecular complexity index is 1130. The molecule has 0 bridgehead atoms. The smallest absolute Gasteiger partial charge is 0.223 e. The zero-order valence-corrected chi connectivity index (χ0v) is 17.4. The Hall–Kier alpha value is -3.44. The molecule has 1 saturated carbocycles. The first-order chi connectivity index (χ1) is 14.9. The van der Waals surface area contributed by atoms with Crippen LogP contribution in [0.25, 0.3) is 11.3 Å². The van der Waals surface area contributed by atoms with E-state index in [1.54, 1.807) is 18.3 Å². The van der Waals surface area contributed by atoms with Gasteiger partial charge in [0, 0.05) is 23.9 Å². The quantitative estimate of drug-likeness (QED) is 0.631. The lowest BCUT2D eigenvalue weighted by Gasteiger charge is -2.49. The van der Waals surface area contributed by atoms with E-state index in [0.29, 0.717) is 42.3 Å². The van der Waals surface area contributed by atoms with Crippen molar-refractivity contribution >= 4 is 5.95 Å². The van der Waals surface area contributed by atoms with Gasteiger partial charge in [-0.05, 0) is 48.4 Å². The van der Waals surface area contributed by atoms with Crippen LogP contribution in [0.3, 0.4) is 0 Å². The standard InChI is InChI=1S/C23H23FN6O/c1-23(2)17(8-20(23)31)7-19-15(9-25)11-27-22(30-19)28-12-16-10-26-13-29-21(16)14-3-5-18(24)6-4-14/h3-6,10-11,13,17,20,31H,7-8,12H2,1-2H3,(H,27,28,30)/t17-,20-/m1/s1. The lowest BCUT2D eigenvalue weighted by molar-refractivity contribution is -0.0978. The third-order valence-electron chi connectivity index (χ3n) is 6.19. The van der Waals surface area contributed by atoms with Crippen LogP contribution in [-0.2, 0) is 13.0 Å². The highest BCUT2D eigenvalue weighted by Crippen LogP contribution is 2.47. The number of nitrogens with one attached hydrogen (secondary N) is 1. The molecule has 0 radical (unpaired) electrons. The van der Waals surface area contributed by atoms with Crippen molar-refractivity contribution in [2.45, 2.75) is 39.3 Å². The van der Waals surface area contributed by atoms with E-state index in [-0.39, 0.29) is 23.3 Å². The zero-order chi connectivity index (χ0) is 22.0. The van der Waals surface area contributed by atoms with Gasteiger partial charge in [-0.25, -0.2) is 24.3 Å². The molecule has 8 heteroatoms. The number of nitrogens with zero attached hydrogens (tertiary/aromatic N) is 5. The normalized spacial score (nSPS) is 19.3. The third-order valence-corrected chi connectivity index (χ3v) is 6.19. The molecule has 1 aliphatic rings. The van der Waals surface area contributed by atoms with Crippen LogP contribution in [0.4, 0.5) is 10.3 Å². The predicted molar refractivity (Wildman–Crippen MR) is 113 cm³/mol. The van der Waals surface area contributed by atoms with Crippen LogP contribution in [0.2, 0.25) is 0 Å². The molecule has 158 valence electrons. The van der Waals surface area contributed by atoms with E-state index in [1.165, 1.54) is 24.7 Å². The fourth-order valence-electron chi connectivity index (χ4n) is 3.85. The molecule has 2 heterocycles. The third kappa shape index (κ3) is 4.23. The van der Waals surface area contributed by atoms with Gasteiger partial charge in [-0.15, -0.1) is 0 Å². The number of anilines is 1. The first kappa shape index (κ1) is 20.8. The van der Waals surface area contributed by atoms with Crippen LogP contribution < -0.4 is 5.32 Å². The molecule has 2 N–H and O–H groups in total. The summed E-state index contributed by atoms with van der Waals surface area (Å²) < 4.78 is 13.3. The van der Waals surface area contributed by atoms with Gasteiger partial charge < -0.3 is 10.4 Å². The summed E-state index contributed by atoms with van der Waals surface area (Å²) in [6, 6.07) is 8.29. The van der Waals surface area contributed by atoms with E-state index >= 15 is 0 Å². The Morgan fingerprint density at radius 3 is 2.68 bits per heavy atom. The Balaban J connectivity index is 1.52. The lowest BCUT2D eigenvalue weighted by Crippen LogP contribution is -2.50. The van der Waals surface area contributed by atoms with Crippen molar-refractivity contribution in [2.75, 3.05) is 5.32 Å². The van der Waals surface area contributed by atoms with Gasteiger partial charge in [-0.1, -0.05) is 13.8 Å². The molecule has 1 fully saturated rings. The number of nitriles is 1. The fourth-order valence-corrected chi connectivity index (χ4v) is 3.85. The summed E-state index contributed by atoms with van der Waals surface area (Å²) in [6.07, 6.45) is 5.65. The molecule has 2 atom stereocenters. The number of hydrogen-bond donors (Lipinski definition) is 2. The van der Waals surface area contributed by atoms with Crippen LogP contribution in [-0.4, -0.2) is 31.1 Å². The van der Waals surface area contributed by atoms with E-state index in [4.69, 9.17) is 0 Å². The number of halogens is 1. The summed E-state index contributed by atoms with van der Waals surface area (Å²) in [7, 11) is 0. The van der Waals surface area contributed by atoms with Crippen molar-refractivity contribution in [3.8, 4) is 17.3 Å². The average Bonchev–Trinajstić information content (AvgIpc) is 2.78. The van der Waals surface area contributed by atoms with E-state index in [0.717, 1.165) is 11.1 Å². The van der Waals surface area contributed by atoms with Crippen molar-refractivity contribution in [2.24, 2.45) is 11.3 Å². The number of benzene rings is 1. The molecule has 0 spiro atoms. The Labute approximate surface area is 180 Å². The SMILES string of the molecule is CC1(C)[C@H](Cc2nc(NCc3cncnc3-c3ccc(F)cc3)ncc2C#N)C[C@H]1O. The molecule has 0 saturated heterocycles. The van der Waals surface area contributed by atoms with Gasteiger partial charge in [-0.2, -0.15) is 5.26 Å². The molecule has 31 heavy (non-hydrogen) atoms. The van der Waals surface area contributed by atoms with Gasteiger partial charge in [0.25, 0.3) is 0 Å². The maximum absolute atomic E-state index is 13.3. The lowest BCUT2D eigenvalue weighted by atomic mass is 9.58. The molecule has 0 amide bonds. The van der Waals surface area contributed by atoms with Crippen LogP contribution in [0.15, 0.2) is 43.0 Å². The van der Waals surface area contributed by atoms with Gasteiger partial charge in [-0.3, -0.25) is 0 Å². The average molecular weight is 418 g/mol. The topological polar surface area (TPSA) is 108 Å². The van der Waals surface area contributed by atoms with E-state index in [2.05, 4.69) is 31.3 Å². The highest BCUT2D eigenvalue weighted by atomic mass is 19.1. The number of aliphatic hydroxyl groups is 1. The first-order valence-corrected chi connectivity index (χ1v) is 10.1. The van der Waals surface area contributed by atoms with Gasteiger partial charge in [0.2, 0.25) is 5.95 Å². The minimum Gasteiger partial charge on any atom is -0.393 e. The molecular weight excluding hydrogens is 395 g/mol. The van der Waals surface area contributed by atoms with Crippen molar-refractivity contribution in [3.63, 3.8) is 0 Å². The summed E-state index contributed by atoms with van der Waals surface area (Å²) in [5, 5.41) is 22.6. The minimum atomic E-state index is -0.328. The fraction of sp³-hybridized carbons (Fsp3) is 0.348. The van der Waals surface area contributed by atoms with E-state index in [1.807, 2.05) is 13.8 Å². The molecule has 3 aromatic rings. The Morgan fingerprint density at radius 2 is 2.00 bits per heavy atom. The molecule has 2 aromatic heterocycles. The molecule has 0 unspecified atom stereocenters. The molecule has 0 aliphatic heterocycles. The monoisotopic (exact) mass is 418 g/mol. The van der Waals surface area contributed by atoms with E-state index in [9.17, 15) is 14.8 Å². The number of rotatable bonds is 6. The van der Waals surface area contributed by atoms with Gasteiger partial charge in [0.05, 0.1) is 29.3 Å². The van der Waals surface area contributed by atoms with E-state index < -0.39 is 0 Å². The maximum Gasteiger partial charge on any atom is 0.223 e. The number of hydrogen-bond acceptors (Lipinski definition) is 7. The second-order valence-corrected chi connectivity index (χ2v) is 8.40. The van der Waals surface area contributed by atoms with Crippen molar-refractivity contribution in [3.05, 3.63) is 65.6 Å². The zero-order valence-electron chi connectivity index (χ0n) is 17.4. The second kappa shape index (κ2) is 8.36. The first-order valence-electron chi connectivity index (χ1n) is 10.1. The molecule has 1 aromatic carbocycles. The van der Waals surface area contributed by atoms with Crippen molar-refractivity contribution < 1.29 is 9.50 Å². The highest BCUT2D eigenvalue weighted by molar-refractivity contribution is 5.62. The summed E-state index contributed by atoms with van der Waals surface area (Å²) >= 11 is 0. The minimum absolute atomic E-state index is 0.198. The van der Waals surface area contributed by atoms with Crippen molar-refractivity contribution in [1.82, 2.24) is 19.9 Å². The Morgan fingerprint density at radius 1 is 1.23 bits per heavy atom. The van der Waals surface area contributed by atoms with Crippen LogP contribution in [0, 0.1) is 28.5 Å². The molecule has 7 nitrogen and oxygen atoms in total. The summed E-state index contributed by atoms with van der Waals surface area (Å²) in [4.78, 5) is 17.3. The largest absolute Gasteiger partial charge is 0.393 e. The highest BCUT2D eigenvalue weighted by Gasteiger charge is 2.47. The molecule has 1 aliphatic carbocycles. The summed E-state index contributed by atoms with van der Waals surface area (Å²) in [5.41, 5.74) is 3.21. The van der Waals surface area contributed by atoms with Gasteiger partial charge in [0.1, 0.15) is 18.2 Å². The number of aromatic nitrogens is 4. The maximum atomic E-state index is 13.3. The van der Waals surface area contributed by atoms with Gasteiger partial charge in [0.15, 0.2) is 0 Å². The van der Waals surface area contributed by atoms with Crippen molar-refractivity contribution in [1.29, 1.82) is 5.26 Å². The second-order valence-electron chi connectivity index (χ2n) is 8.40. The van der Waals surface area contributed by atoms with Crippen LogP contribution >= 0.6 is 0 Å². The predicted octanol–water partition coefficient (Wildman–Crippen LogP) is 3.51. The van der Waals surface area contributed by atoms with Crippen LogP contribution in [0.1, 0.15) is 37.1 Å². The number of aliphatic hydroxyl groups excluding tert-OH is 1. The van der Waals surface area contributed by atoms with Crippen LogP contribution in [0.5, 0.6) is 0 Å². The summed E-state index contributed by atoms with van der Waals surface area (Å²) in [5.74, 6) is 0.351. The molecule has 4 rings (SSSR count). The Kier molecular flexibility index (Phi) is 5.61.